The third-order valence-corrected chi connectivity index (χ3v) is 2.32. The lowest BCUT2D eigenvalue weighted by molar-refractivity contribution is -0.140. The lowest BCUT2D eigenvalue weighted by Crippen LogP contribution is -2.16. The summed E-state index contributed by atoms with van der Waals surface area (Å²) in [6.07, 6.45) is 0. The number of ether oxygens (including phenoxy) is 1. The van der Waals surface area contributed by atoms with Crippen LogP contribution in [0.2, 0.25) is 5.02 Å². The van der Waals surface area contributed by atoms with Crippen LogP contribution in [-0.2, 0) is 9.53 Å². The van der Waals surface area contributed by atoms with Crippen molar-refractivity contribution in [1.82, 2.24) is 0 Å². The Kier molecular flexibility index (Phi) is 4.43. The zero-order chi connectivity index (χ0) is 11.3. The highest BCUT2D eigenvalue weighted by atomic mass is 35.5. The van der Waals surface area contributed by atoms with Crippen LogP contribution in [0.15, 0.2) is 18.2 Å². The molecule has 0 unspecified atom stereocenters. The molecule has 0 saturated carbocycles. The highest BCUT2D eigenvalue weighted by molar-refractivity contribution is 6.31. The molecule has 1 rings (SSSR count). The maximum Gasteiger partial charge on any atom is 0.325 e. The van der Waals surface area contributed by atoms with Gasteiger partial charge in [0.25, 0.3) is 0 Å². The molecule has 0 aliphatic carbocycles. The van der Waals surface area contributed by atoms with E-state index in [1.807, 2.05) is 19.1 Å². The Balaban J connectivity index is 2.51. The molecule has 0 atom stereocenters. The average molecular weight is 228 g/mol. The fraction of sp³-hybridized carbons (Fsp3) is 0.364. The average Bonchev–Trinajstić information content (AvgIpc) is 2.20. The van der Waals surface area contributed by atoms with Gasteiger partial charge >= 0.3 is 5.97 Å². The lowest BCUT2D eigenvalue weighted by atomic mass is 10.2. The number of hydrogen-bond acceptors (Lipinski definition) is 3. The fourth-order valence-corrected chi connectivity index (χ4v) is 1.26. The van der Waals surface area contributed by atoms with Gasteiger partial charge in [0.15, 0.2) is 0 Å². The molecule has 0 bridgehead atoms. The Morgan fingerprint density at radius 1 is 1.53 bits per heavy atom. The van der Waals surface area contributed by atoms with Crippen LogP contribution >= 0.6 is 11.6 Å². The summed E-state index contributed by atoms with van der Waals surface area (Å²) in [5, 5.41) is 3.68. The summed E-state index contributed by atoms with van der Waals surface area (Å²) in [4.78, 5) is 11.1. The third kappa shape index (κ3) is 3.80. The number of halogens is 1. The quantitative estimate of drug-likeness (QED) is 0.804. The summed E-state index contributed by atoms with van der Waals surface area (Å²) in [7, 11) is 0. The molecule has 0 spiro atoms. The lowest BCUT2D eigenvalue weighted by Gasteiger charge is -2.07. The van der Waals surface area contributed by atoms with E-state index in [-0.39, 0.29) is 12.5 Å². The Labute approximate surface area is 94.4 Å². The van der Waals surface area contributed by atoms with Gasteiger partial charge in [-0.25, -0.2) is 0 Å². The van der Waals surface area contributed by atoms with Crippen LogP contribution in [0.3, 0.4) is 0 Å². The minimum Gasteiger partial charge on any atom is -0.465 e. The van der Waals surface area contributed by atoms with Gasteiger partial charge in [0.1, 0.15) is 6.54 Å². The minimum atomic E-state index is -0.259. The summed E-state index contributed by atoms with van der Waals surface area (Å²) in [5.74, 6) is -0.259. The monoisotopic (exact) mass is 227 g/mol. The van der Waals surface area contributed by atoms with E-state index in [1.165, 1.54) is 0 Å². The number of nitrogens with one attached hydrogen (secondary N) is 1. The standard InChI is InChI=1S/C11H14ClNO2/c1-3-15-11(14)7-13-9-4-5-10(12)8(2)6-9/h4-6,13H,3,7H2,1-2H3. The van der Waals surface area contributed by atoms with Gasteiger partial charge < -0.3 is 10.1 Å². The number of anilines is 1. The number of carbonyl (C=O) groups is 1. The van der Waals surface area contributed by atoms with E-state index < -0.39 is 0 Å². The molecule has 1 aromatic rings. The van der Waals surface area contributed by atoms with Gasteiger partial charge in [0.2, 0.25) is 0 Å². The molecule has 0 aliphatic heterocycles. The molecule has 82 valence electrons. The fourth-order valence-electron chi connectivity index (χ4n) is 1.14. The predicted octanol–water partition coefficient (Wildman–Crippen LogP) is 2.62. The summed E-state index contributed by atoms with van der Waals surface area (Å²) >= 11 is 5.87. The molecule has 0 fully saturated rings. The maximum absolute atomic E-state index is 11.1. The first-order valence-electron chi connectivity index (χ1n) is 4.79. The molecule has 0 heterocycles. The second-order valence-corrected chi connectivity index (χ2v) is 3.53. The van der Waals surface area contributed by atoms with Gasteiger partial charge in [-0.3, -0.25) is 4.79 Å². The van der Waals surface area contributed by atoms with Crippen molar-refractivity contribution in [2.24, 2.45) is 0 Å². The van der Waals surface area contributed by atoms with Crippen molar-refractivity contribution >= 4 is 23.3 Å². The van der Waals surface area contributed by atoms with Gasteiger partial charge in [0.05, 0.1) is 6.61 Å². The van der Waals surface area contributed by atoms with E-state index >= 15 is 0 Å². The Morgan fingerprint density at radius 2 is 2.27 bits per heavy atom. The normalized spacial score (nSPS) is 9.80. The zero-order valence-electron chi connectivity index (χ0n) is 8.84. The highest BCUT2D eigenvalue weighted by Crippen LogP contribution is 2.18. The first-order valence-corrected chi connectivity index (χ1v) is 5.17. The van der Waals surface area contributed by atoms with Crippen LogP contribution in [0.5, 0.6) is 0 Å². The van der Waals surface area contributed by atoms with Crippen LogP contribution in [0.1, 0.15) is 12.5 Å². The van der Waals surface area contributed by atoms with Crippen LogP contribution in [0.25, 0.3) is 0 Å². The number of hydrogen-bond donors (Lipinski definition) is 1. The molecular weight excluding hydrogens is 214 g/mol. The molecule has 15 heavy (non-hydrogen) atoms. The van der Waals surface area contributed by atoms with Crippen molar-refractivity contribution in [3.8, 4) is 0 Å². The molecule has 0 aromatic heterocycles. The largest absolute Gasteiger partial charge is 0.465 e. The van der Waals surface area contributed by atoms with Gasteiger partial charge in [-0.2, -0.15) is 0 Å². The highest BCUT2D eigenvalue weighted by Gasteiger charge is 2.02. The van der Waals surface area contributed by atoms with Crippen LogP contribution < -0.4 is 5.32 Å². The van der Waals surface area contributed by atoms with E-state index in [0.29, 0.717) is 6.61 Å². The van der Waals surface area contributed by atoms with Crippen LogP contribution in [0.4, 0.5) is 5.69 Å². The van der Waals surface area contributed by atoms with E-state index in [4.69, 9.17) is 16.3 Å². The van der Waals surface area contributed by atoms with Crippen molar-refractivity contribution < 1.29 is 9.53 Å². The molecule has 1 aromatic carbocycles. The third-order valence-electron chi connectivity index (χ3n) is 1.90. The molecule has 0 amide bonds. The minimum absolute atomic E-state index is 0.176. The molecule has 0 aliphatic rings. The first-order chi connectivity index (χ1) is 7.13. The van der Waals surface area contributed by atoms with E-state index in [2.05, 4.69) is 5.32 Å². The van der Waals surface area contributed by atoms with Crippen molar-refractivity contribution in [2.75, 3.05) is 18.5 Å². The van der Waals surface area contributed by atoms with Crippen LogP contribution in [0, 0.1) is 6.92 Å². The zero-order valence-corrected chi connectivity index (χ0v) is 9.60. The van der Waals surface area contributed by atoms with E-state index in [1.54, 1.807) is 13.0 Å². The summed E-state index contributed by atoms with van der Waals surface area (Å²) in [5.41, 5.74) is 1.84. The van der Waals surface area contributed by atoms with Crippen molar-refractivity contribution in [2.45, 2.75) is 13.8 Å². The summed E-state index contributed by atoms with van der Waals surface area (Å²) in [6.45, 7) is 4.28. The number of rotatable bonds is 4. The summed E-state index contributed by atoms with van der Waals surface area (Å²) < 4.78 is 4.79. The number of benzene rings is 1. The van der Waals surface area contributed by atoms with Gasteiger partial charge in [-0.15, -0.1) is 0 Å². The van der Waals surface area contributed by atoms with Crippen molar-refractivity contribution in [3.05, 3.63) is 28.8 Å². The Bertz CT molecular complexity index is 352. The molecule has 0 saturated heterocycles. The molecule has 3 nitrogen and oxygen atoms in total. The second-order valence-electron chi connectivity index (χ2n) is 3.12. The SMILES string of the molecule is CCOC(=O)CNc1ccc(Cl)c(C)c1. The first kappa shape index (κ1) is 11.9. The topological polar surface area (TPSA) is 38.3 Å². The number of esters is 1. The maximum atomic E-state index is 11.1. The Hall–Kier alpha value is -1.22. The van der Waals surface area contributed by atoms with E-state index in [9.17, 15) is 4.79 Å². The van der Waals surface area contributed by atoms with Crippen molar-refractivity contribution in [1.29, 1.82) is 0 Å². The summed E-state index contributed by atoms with van der Waals surface area (Å²) in [6, 6.07) is 5.51. The Morgan fingerprint density at radius 3 is 2.87 bits per heavy atom. The van der Waals surface area contributed by atoms with Crippen molar-refractivity contribution in [3.63, 3.8) is 0 Å². The molecule has 1 N–H and O–H groups in total. The van der Waals surface area contributed by atoms with Gasteiger partial charge in [-0.05, 0) is 37.6 Å². The molecule has 4 heteroatoms. The molecule has 0 radical (unpaired) electrons. The predicted molar refractivity (Wildman–Crippen MR) is 61.3 cm³/mol. The van der Waals surface area contributed by atoms with Gasteiger partial charge in [0, 0.05) is 10.7 Å². The molecular formula is C11H14ClNO2. The van der Waals surface area contributed by atoms with Crippen LogP contribution in [-0.4, -0.2) is 19.1 Å². The number of carbonyl (C=O) groups excluding carboxylic acids is 1. The number of aryl methyl sites for hydroxylation is 1. The van der Waals surface area contributed by atoms with E-state index in [0.717, 1.165) is 16.3 Å². The van der Waals surface area contributed by atoms with Gasteiger partial charge in [-0.1, -0.05) is 11.6 Å². The second kappa shape index (κ2) is 5.61. The smallest absolute Gasteiger partial charge is 0.325 e.